The molecule has 1 rings (SSSR count). The summed E-state index contributed by atoms with van der Waals surface area (Å²) in [6.45, 7) is 0. The van der Waals surface area contributed by atoms with E-state index in [0.717, 1.165) is 3.57 Å². The molecule has 0 aliphatic carbocycles. The van der Waals surface area contributed by atoms with Crippen LogP contribution in [0.4, 0.5) is 4.39 Å². The van der Waals surface area contributed by atoms with Crippen LogP contribution in [-0.4, -0.2) is 4.98 Å². The average Bonchev–Trinajstić information content (AvgIpc) is 1.64. The highest BCUT2D eigenvalue weighted by molar-refractivity contribution is 14.1. The molecular formula is C5H2FIN. The van der Waals surface area contributed by atoms with Gasteiger partial charge >= 0.3 is 0 Å². The molecule has 0 spiro atoms. The Morgan fingerprint density at radius 1 is 1.75 bits per heavy atom. The van der Waals surface area contributed by atoms with Crippen molar-refractivity contribution in [2.75, 3.05) is 0 Å². The molecule has 0 N–H and O–H groups in total. The Balaban J connectivity index is 3.08. The van der Waals surface area contributed by atoms with E-state index in [4.69, 9.17) is 0 Å². The van der Waals surface area contributed by atoms with Crippen LogP contribution < -0.4 is 0 Å². The van der Waals surface area contributed by atoms with Gasteiger partial charge in [-0.1, -0.05) is 0 Å². The van der Waals surface area contributed by atoms with Gasteiger partial charge < -0.3 is 0 Å². The van der Waals surface area contributed by atoms with E-state index in [1.54, 1.807) is 6.07 Å². The Morgan fingerprint density at radius 3 is 2.88 bits per heavy atom. The van der Waals surface area contributed by atoms with Crippen LogP contribution in [0.15, 0.2) is 12.3 Å². The minimum absolute atomic E-state index is 0.545. The first kappa shape index (κ1) is 5.94. The van der Waals surface area contributed by atoms with Crippen LogP contribution >= 0.6 is 22.6 Å². The Labute approximate surface area is 60.1 Å². The van der Waals surface area contributed by atoms with Crippen LogP contribution in [0.1, 0.15) is 0 Å². The molecule has 0 unspecified atom stereocenters. The van der Waals surface area contributed by atoms with Crippen LogP contribution in [0.25, 0.3) is 0 Å². The van der Waals surface area contributed by atoms with Crippen molar-refractivity contribution in [2.24, 2.45) is 0 Å². The summed E-state index contributed by atoms with van der Waals surface area (Å²) < 4.78 is 12.7. The van der Waals surface area contributed by atoms with E-state index in [0.29, 0.717) is 0 Å². The number of hydrogen-bond donors (Lipinski definition) is 0. The fourth-order valence-electron chi connectivity index (χ4n) is 0.341. The van der Waals surface area contributed by atoms with Gasteiger partial charge in [0.25, 0.3) is 0 Å². The Hall–Kier alpha value is -0.190. The molecule has 1 nitrogen and oxygen atoms in total. The maximum atomic E-state index is 12.0. The molecule has 1 aromatic rings. The maximum Gasteiger partial charge on any atom is 0.221 e. The minimum atomic E-state index is -0.545. The highest BCUT2D eigenvalue weighted by Crippen LogP contribution is 2.00. The van der Waals surface area contributed by atoms with Crippen LogP contribution in [0.3, 0.4) is 0 Å². The highest BCUT2D eigenvalue weighted by Gasteiger charge is 1.88. The van der Waals surface area contributed by atoms with E-state index < -0.39 is 5.95 Å². The molecule has 0 bridgehead atoms. The van der Waals surface area contributed by atoms with E-state index in [9.17, 15) is 4.39 Å². The third kappa shape index (κ3) is 1.40. The quantitative estimate of drug-likeness (QED) is 0.480. The summed E-state index contributed by atoms with van der Waals surface area (Å²) in [7, 11) is 0. The number of rotatable bonds is 0. The Bertz CT molecular complexity index is 172. The van der Waals surface area contributed by atoms with Crippen molar-refractivity contribution in [3.8, 4) is 0 Å². The number of hydrogen-bond acceptors (Lipinski definition) is 1. The Morgan fingerprint density at radius 2 is 2.50 bits per heavy atom. The first-order chi connectivity index (χ1) is 3.79. The van der Waals surface area contributed by atoms with Crippen LogP contribution in [-0.2, 0) is 0 Å². The standard InChI is InChI=1S/C5H2FIN/c6-5-3-4(7)1-2-8-5/h1-2H. The number of halogens is 2. The lowest BCUT2D eigenvalue weighted by Gasteiger charge is -1.84. The van der Waals surface area contributed by atoms with Gasteiger partial charge in [-0.3, -0.25) is 0 Å². The number of pyridine rings is 1. The molecule has 41 valence electrons. The van der Waals surface area contributed by atoms with Crippen molar-refractivity contribution >= 4 is 22.6 Å². The third-order valence-electron chi connectivity index (χ3n) is 0.631. The van der Waals surface area contributed by atoms with Gasteiger partial charge in [-0.05, 0) is 28.7 Å². The summed E-state index contributed by atoms with van der Waals surface area (Å²) >= 11 is 1.97. The Kier molecular flexibility index (Phi) is 1.77. The van der Waals surface area contributed by atoms with Gasteiger partial charge in [-0.15, -0.1) is 0 Å². The predicted octanol–water partition coefficient (Wildman–Crippen LogP) is 1.63. The van der Waals surface area contributed by atoms with Crippen molar-refractivity contribution in [3.63, 3.8) is 0 Å². The smallest absolute Gasteiger partial charge is 0.221 e. The van der Waals surface area contributed by atoms with Crippen molar-refractivity contribution in [1.29, 1.82) is 0 Å². The van der Waals surface area contributed by atoms with Gasteiger partial charge in [0.1, 0.15) is 0 Å². The molecule has 0 amide bonds. The summed E-state index contributed by atoms with van der Waals surface area (Å²) in [5, 5.41) is 0. The minimum Gasteiger partial charge on any atom is -0.228 e. The van der Waals surface area contributed by atoms with Gasteiger partial charge in [0, 0.05) is 9.77 Å². The SMILES string of the molecule is Fc1[c]c(I)ccn1. The molecule has 0 saturated heterocycles. The summed E-state index contributed by atoms with van der Waals surface area (Å²) in [6, 6.07) is 4.06. The van der Waals surface area contributed by atoms with Crippen molar-refractivity contribution in [2.45, 2.75) is 0 Å². The van der Waals surface area contributed by atoms with Crippen LogP contribution in [0, 0.1) is 15.6 Å². The topological polar surface area (TPSA) is 12.9 Å². The molecule has 1 heterocycles. The second-order valence-corrected chi connectivity index (χ2v) is 2.37. The van der Waals surface area contributed by atoms with Crippen molar-refractivity contribution in [3.05, 3.63) is 27.8 Å². The number of nitrogens with zero attached hydrogens (tertiary/aromatic N) is 1. The zero-order valence-corrected chi connectivity index (χ0v) is 6.02. The highest BCUT2D eigenvalue weighted by atomic mass is 127. The summed E-state index contributed by atoms with van der Waals surface area (Å²) in [5.41, 5.74) is 0. The molecule has 0 aliphatic rings. The van der Waals surface area contributed by atoms with Crippen molar-refractivity contribution < 1.29 is 4.39 Å². The van der Waals surface area contributed by atoms with Gasteiger partial charge in [0.15, 0.2) is 0 Å². The second kappa shape index (κ2) is 2.39. The second-order valence-electron chi connectivity index (χ2n) is 1.21. The lowest BCUT2D eigenvalue weighted by molar-refractivity contribution is 0.580. The van der Waals surface area contributed by atoms with Crippen LogP contribution in [0.2, 0.25) is 0 Å². The normalized spacial score (nSPS) is 9.25. The monoisotopic (exact) mass is 222 g/mol. The fourth-order valence-corrected chi connectivity index (χ4v) is 0.724. The first-order valence-electron chi connectivity index (χ1n) is 1.98. The van der Waals surface area contributed by atoms with E-state index in [2.05, 4.69) is 11.1 Å². The summed E-state index contributed by atoms with van der Waals surface area (Å²) in [4.78, 5) is 3.31. The molecule has 8 heavy (non-hydrogen) atoms. The van der Waals surface area contributed by atoms with Gasteiger partial charge in [0.2, 0.25) is 5.95 Å². The maximum absolute atomic E-state index is 12.0. The molecule has 0 aliphatic heterocycles. The zero-order chi connectivity index (χ0) is 5.98. The number of aromatic nitrogens is 1. The fraction of sp³-hybridized carbons (Fsp3) is 0. The summed E-state index contributed by atoms with van der Waals surface area (Å²) in [5.74, 6) is -0.545. The van der Waals surface area contributed by atoms with Gasteiger partial charge in [-0.25, -0.2) is 4.98 Å². The van der Waals surface area contributed by atoms with Crippen LogP contribution in [0.5, 0.6) is 0 Å². The molecule has 1 aromatic heterocycles. The largest absolute Gasteiger partial charge is 0.228 e. The zero-order valence-electron chi connectivity index (χ0n) is 3.86. The van der Waals surface area contributed by atoms with E-state index >= 15 is 0 Å². The molecular weight excluding hydrogens is 220 g/mol. The molecule has 0 saturated carbocycles. The third-order valence-corrected chi connectivity index (χ3v) is 1.26. The van der Waals surface area contributed by atoms with E-state index in [1.165, 1.54) is 6.20 Å². The summed E-state index contributed by atoms with van der Waals surface area (Å²) in [6.07, 6.45) is 1.41. The lowest BCUT2D eigenvalue weighted by Crippen LogP contribution is -1.80. The van der Waals surface area contributed by atoms with Crippen molar-refractivity contribution in [1.82, 2.24) is 4.98 Å². The molecule has 0 aromatic carbocycles. The average molecular weight is 222 g/mol. The lowest BCUT2D eigenvalue weighted by atomic mass is 10.5. The first-order valence-corrected chi connectivity index (χ1v) is 3.06. The molecule has 0 atom stereocenters. The van der Waals surface area contributed by atoms with Gasteiger partial charge in [-0.2, -0.15) is 4.39 Å². The molecule has 1 radical (unpaired) electrons. The molecule has 3 heteroatoms. The van der Waals surface area contributed by atoms with E-state index in [-0.39, 0.29) is 0 Å². The van der Waals surface area contributed by atoms with E-state index in [1.807, 2.05) is 22.6 Å². The predicted molar refractivity (Wildman–Crippen MR) is 35.7 cm³/mol. The van der Waals surface area contributed by atoms with Gasteiger partial charge in [0.05, 0.1) is 6.07 Å². The molecule has 0 fully saturated rings.